The number of esters is 1. The summed E-state index contributed by atoms with van der Waals surface area (Å²) in [6.45, 7) is 2.25. The van der Waals surface area contributed by atoms with E-state index in [1.165, 1.54) is 17.0 Å². The molecule has 21 heavy (non-hydrogen) atoms. The van der Waals surface area contributed by atoms with E-state index in [4.69, 9.17) is 4.74 Å². The highest BCUT2D eigenvalue weighted by Gasteiger charge is 2.26. The van der Waals surface area contributed by atoms with Crippen LogP contribution in [-0.2, 0) is 20.7 Å². The van der Waals surface area contributed by atoms with Gasteiger partial charge in [0.15, 0.2) is 0 Å². The maximum absolute atomic E-state index is 12.0. The molecule has 0 aromatic heterocycles. The standard InChI is InChI=1S/C14H16N2O5/c1-2-21-14(18)7-8-15-12-5-4-11(16(19)20)9-10(12)3-6-13(15)17/h4-5,9H,2-3,6-8H2,1H3. The van der Waals surface area contributed by atoms with E-state index in [1.807, 2.05) is 0 Å². The maximum atomic E-state index is 12.0. The summed E-state index contributed by atoms with van der Waals surface area (Å²) in [5.74, 6) is -0.444. The van der Waals surface area contributed by atoms with Crippen molar-refractivity contribution < 1.29 is 19.2 Å². The largest absolute Gasteiger partial charge is 0.466 e. The average Bonchev–Trinajstić information content (AvgIpc) is 2.46. The van der Waals surface area contributed by atoms with E-state index in [0.717, 1.165) is 5.56 Å². The molecule has 0 radical (unpaired) electrons. The van der Waals surface area contributed by atoms with Crippen molar-refractivity contribution in [3.63, 3.8) is 0 Å². The van der Waals surface area contributed by atoms with Crippen LogP contribution in [0.5, 0.6) is 0 Å². The first-order chi connectivity index (χ1) is 10.0. The summed E-state index contributed by atoms with van der Waals surface area (Å²) >= 11 is 0. The minimum absolute atomic E-state index is 0.00782. The summed E-state index contributed by atoms with van der Waals surface area (Å²) in [7, 11) is 0. The van der Waals surface area contributed by atoms with E-state index in [2.05, 4.69) is 0 Å². The Bertz CT molecular complexity index is 585. The smallest absolute Gasteiger partial charge is 0.307 e. The molecule has 1 heterocycles. The van der Waals surface area contributed by atoms with E-state index in [-0.39, 0.29) is 37.0 Å². The van der Waals surface area contributed by atoms with Crippen LogP contribution in [0.3, 0.4) is 0 Å². The van der Waals surface area contributed by atoms with Crippen LogP contribution < -0.4 is 4.90 Å². The van der Waals surface area contributed by atoms with Gasteiger partial charge in [-0.25, -0.2) is 0 Å². The summed E-state index contributed by atoms with van der Waals surface area (Å²) in [5.41, 5.74) is 1.40. The minimum Gasteiger partial charge on any atom is -0.466 e. The van der Waals surface area contributed by atoms with Crippen molar-refractivity contribution in [1.29, 1.82) is 0 Å². The highest BCUT2D eigenvalue weighted by Crippen LogP contribution is 2.31. The lowest BCUT2D eigenvalue weighted by atomic mass is 10.0. The number of aryl methyl sites for hydroxylation is 1. The summed E-state index contributed by atoms with van der Waals surface area (Å²) < 4.78 is 4.84. The fourth-order valence-electron chi connectivity index (χ4n) is 2.34. The van der Waals surface area contributed by atoms with E-state index in [9.17, 15) is 19.7 Å². The first-order valence-electron chi connectivity index (χ1n) is 6.76. The molecule has 2 rings (SSSR count). The first-order valence-corrected chi connectivity index (χ1v) is 6.76. The molecule has 1 aromatic rings. The van der Waals surface area contributed by atoms with Crippen LogP contribution in [0.25, 0.3) is 0 Å². The van der Waals surface area contributed by atoms with Crippen molar-refractivity contribution in [2.24, 2.45) is 0 Å². The van der Waals surface area contributed by atoms with Gasteiger partial charge in [0.05, 0.1) is 18.0 Å². The Balaban J connectivity index is 2.18. The number of carbonyl (C=O) groups excluding carboxylic acids is 2. The van der Waals surface area contributed by atoms with Crippen LogP contribution in [0, 0.1) is 10.1 Å². The Hall–Kier alpha value is -2.44. The van der Waals surface area contributed by atoms with Gasteiger partial charge in [-0.05, 0) is 25.0 Å². The van der Waals surface area contributed by atoms with Gasteiger partial charge in [-0.3, -0.25) is 19.7 Å². The van der Waals surface area contributed by atoms with E-state index < -0.39 is 4.92 Å². The molecule has 1 aliphatic rings. The van der Waals surface area contributed by atoms with Crippen molar-refractivity contribution in [3.8, 4) is 0 Å². The number of carbonyl (C=O) groups is 2. The van der Waals surface area contributed by atoms with Gasteiger partial charge < -0.3 is 9.64 Å². The third kappa shape index (κ3) is 3.36. The Morgan fingerprint density at radius 2 is 2.19 bits per heavy atom. The SMILES string of the molecule is CCOC(=O)CCN1C(=O)CCc2cc([N+](=O)[O-])ccc21. The van der Waals surface area contributed by atoms with Crippen LogP contribution in [0.15, 0.2) is 18.2 Å². The molecule has 0 saturated carbocycles. The fraction of sp³-hybridized carbons (Fsp3) is 0.429. The number of ether oxygens (including phenoxy) is 1. The van der Waals surface area contributed by atoms with Gasteiger partial charge in [-0.1, -0.05) is 0 Å². The van der Waals surface area contributed by atoms with Gasteiger partial charge >= 0.3 is 5.97 Å². The predicted molar refractivity (Wildman–Crippen MR) is 75.0 cm³/mol. The Labute approximate surface area is 121 Å². The molecular weight excluding hydrogens is 276 g/mol. The number of hydrogen-bond acceptors (Lipinski definition) is 5. The number of fused-ring (bicyclic) bond motifs is 1. The number of amides is 1. The molecule has 1 amide bonds. The second-order valence-corrected chi connectivity index (χ2v) is 4.67. The van der Waals surface area contributed by atoms with Crippen LogP contribution >= 0.6 is 0 Å². The van der Waals surface area contributed by atoms with Crippen LogP contribution in [0.1, 0.15) is 25.3 Å². The van der Waals surface area contributed by atoms with Crippen LogP contribution in [0.2, 0.25) is 0 Å². The zero-order valence-electron chi connectivity index (χ0n) is 11.7. The second-order valence-electron chi connectivity index (χ2n) is 4.67. The van der Waals surface area contributed by atoms with Gasteiger partial charge in [0.2, 0.25) is 5.91 Å². The van der Waals surface area contributed by atoms with Crippen molar-refractivity contribution in [2.75, 3.05) is 18.1 Å². The molecule has 0 aliphatic carbocycles. The number of rotatable bonds is 5. The first kappa shape index (κ1) is 15.0. The lowest BCUT2D eigenvalue weighted by molar-refractivity contribution is -0.384. The lowest BCUT2D eigenvalue weighted by Crippen LogP contribution is -2.36. The number of nitro groups is 1. The molecule has 0 atom stereocenters. The maximum Gasteiger partial charge on any atom is 0.307 e. The van der Waals surface area contributed by atoms with Crippen molar-refractivity contribution >= 4 is 23.3 Å². The third-order valence-electron chi connectivity index (χ3n) is 3.32. The third-order valence-corrected chi connectivity index (χ3v) is 3.32. The molecule has 1 aromatic carbocycles. The Kier molecular flexibility index (Phi) is 4.52. The molecule has 0 unspecified atom stereocenters. The van der Waals surface area contributed by atoms with Crippen molar-refractivity contribution in [2.45, 2.75) is 26.2 Å². The zero-order valence-corrected chi connectivity index (χ0v) is 11.7. The topological polar surface area (TPSA) is 89.8 Å². The van der Waals surface area contributed by atoms with Crippen LogP contribution in [0.4, 0.5) is 11.4 Å². The molecular formula is C14H16N2O5. The molecule has 0 fully saturated rings. The normalized spacial score (nSPS) is 13.8. The molecule has 7 nitrogen and oxygen atoms in total. The van der Waals surface area contributed by atoms with Gasteiger partial charge in [0.25, 0.3) is 5.69 Å². The number of nitrogens with zero attached hydrogens (tertiary/aromatic N) is 2. The molecule has 0 spiro atoms. The molecule has 7 heteroatoms. The summed E-state index contributed by atoms with van der Waals surface area (Å²) in [4.78, 5) is 35.2. The van der Waals surface area contributed by atoms with Gasteiger partial charge in [-0.2, -0.15) is 0 Å². The van der Waals surface area contributed by atoms with Gasteiger partial charge in [0.1, 0.15) is 0 Å². The fourth-order valence-corrected chi connectivity index (χ4v) is 2.34. The van der Waals surface area contributed by atoms with E-state index in [1.54, 1.807) is 13.0 Å². The number of benzene rings is 1. The summed E-state index contributed by atoms with van der Waals surface area (Å²) in [5, 5.41) is 10.8. The predicted octanol–water partition coefficient (Wildman–Crippen LogP) is 1.83. The lowest BCUT2D eigenvalue weighted by Gasteiger charge is -2.29. The number of nitro benzene ring substituents is 1. The monoisotopic (exact) mass is 292 g/mol. The van der Waals surface area contributed by atoms with Gasteiger partial charge in [-0.15, -0.1) is 0 Å². The number of hydrogen-bond donors (Lipinski definition) is 0. The minimum atomic E-state index is -0.459. The molecule has 0 saturated heterocycles. The Morgan fingerprint density at radius 3 is 2.86 bits per heavy atom. The second kappa shape index (κ2) is 6.34. The highest BCUT2D eigenvalue weighted by atomic mass is 16.6. The molecule has 0 N–H and O–H groups in total. The summed E-state index contributed by atoms with van der Waals surface area (Å²) in [6.07, 6.45) is 0.874. The summed E-state index contributed by atoms with van der Waals surface area (Å²) in [6, 6.07) is 4.42. The molecule has 0 bridgehead atoms. The van der Waals surface area contributed by atoms with Crippen molar-refractivity contribution in [1.82, 2.24) is 0 Å². The Morgan fingerprint density at radius 1 is 1.43 bits per heavy atom. The van der Waals surface area contributed by atoms with Gasteiger partial charge in [0, 0.05) is 30.8 Å². The van der Waals surface area contributed by atoms with Crippen molar-refractivity contribution in [3.05, 3.63) is 33.9 Å². The van der Waals surface area contributed by atoms with E-state index in [0.29, 0.717) is 18.7 Å². The highest BCUT2D eigenvalue weighted by molar-refractivity contribution is 5.97. The van der Waals surface area contributed by atoms with Crippen LogP contribution in [-0.4, -0.2) is 30.0 Å². The average molecular weight is 292 g/mol. The van der Waals surface area contributed by atoms with E-state index >= 15 is 0 Å². The number of anilines is 1. The zero-order chi connectivity index (χ0) is 15.4. The molecule has 112 valence electrons. The number of non-ortho nitro benzene ring substituents is 1. The quantitative estimate of drug-likeness (QED) is 0.469. The molecule has 1 aliphatic heterocycles.